The van der Waals surface area contributed by atoms with Gasteiger partial charge in [-0.05, 0) is 30.9 Å². The number of carbonyl (C=O) groups is 3. The summed E-state index contributed by atoms with van der Waals surface area (Å²) < 4.78 is 10.2. The van der Waals surface area contributed by atoms with Crippen molar-refractivity contribution in [2.45, 2.75) is 38.6 Å². The molecule has 0 bridgehead atoms. The number of para-hydroxylation sites is 1. The summed E-state index contributed by atoms with van der Waals surface area (Å²) in [5.41, 5.74) is 0.356. The lowest BCUT2D eigenvalue weighted by Crippen LogP contribution is -2.43. The summed E-state index contributed by atoms with van der Waals surface area (Å²) in [7, 11) is 0. The number of amides is 1. The van der Waals surface area contributed by atoms with Crippen LogP contribution in [0.3, 0.4) is 0 Å². The molecule has 130 valence electrons. The summed E-state index contributed by atoms with van der Waals surface area (Å²) in [5.74, 6) is -0.190. The normalized spacial score (nSPS) is 20.0. The van der Waals surface area contributed by atoms with E-state index in [1.165, 1.54) is 6.42 Å². The molecule has 0 unspecified atom stereocenters. The highest BCUT2D eigenvalue weighted by molar-refractivity contribution is 5.82. The highest BCUT2D eigenvalue weighted by Crippen LogP contribution is 2.23. The van der Waals surface area contributed by atoms with E-state index in [1.807, 2.05) is 0 Å². The van der Waals surface area contributed by atoms with E-state index in [1.54, 1.807) is 24.3 Å². The first kappa shape index (κ1) is 18.0. The summed E-state index contributed by atoms with van der Waals surface area (Å²) >= 11 is 0. The third kappa shape index (κ3) is 5.37. The first-order chi connectivity index (χ1) is 11.6. The first-order valence-corrected chi connectivity index (χ1v) is 8.22. The number of carbonyl (C=O) groups excluding carboxylic acids is 3. The first-order valence-electron chi connectivity index (χ1n) is 8.22. The average molecular weight is 333 g/mol. The molecular formula is C18H23NO5. The summed E-state index contributed by atoms with van der Waals surface area (Å²) in [6.45, 7) is 1.45. The standard InChI is InChI=1S/C18H23NO5/c1-13-6-2-4-8-15(13)19-17(21)11-24-18(22)12-23-16-9-5-3-7-14(16)10-20/h3,5,7,9-10,13,15H,2,4,6,8,11-12H2,1H3,(H,19,21)/t13-,15+/m0/s1. The molecule has 1 N–H and O–H groups in total. The van der Waals surface area contributed by atoms with Crippen molar-refractivity contribution in [3.63, 3.8) is 0 Å². The molecule has 6 heteroatoms. The minimum atomic E-state index is -0.650. The van der Waals surface area contributed by atoms with Gasteiger partial charge in [0.25, 0.3) is 5.91 Å². The lowest BCUT2D eigenvalue weighted by molar-refractivity contribution is -0.150. The van der Waals surface area contributed by atoms with Crippen molar-refractivity contribution in [3.8, 4) is 5.75 Å². The number of aldehydes is 1. The van der Waals surface area contributed by atoms with Gasteiger partial charge in [0.05, 0.1) is 5.56 Å². The van der Waals surface area contributed by atoms with Crippen LogP contribution >= 0.6 is 0 Å². The Kier molecular flexibility index (Phi) is 6.78. The van der Waals surface area contributed by atoms with Crippen molar-refractivity contribution in [2.75, 3.05) is 13.2 Å². The Hall–Kier alpha value is -2.37. The van der Waals surface area contributed by atoms with Crippen molar-refractivity contribution >= 4 is 18.2 Å². The maximum absolute atomic E-state index is 11.9. The summed E-state index contributed by atoms with van der Waals surface area (Å²) in [6.07, 6.45) is 5.03. The molecule has 2 atom stereocenters. The van der Waals surface area contributed by atoms with Crippen LogP contribution in [0.5, 0.6) is 5.75 Å². The molecule has 1 aromatic rings. The molecule has 0 spiro atoms. The van der Waals surface area contributed by atoms with Gasteiger partial charge in [-0.3, -0.25) is 9.59 Å². The zero-order chi connectivity index (χ0) is 17.4. The fraction of sp³-hybridized carbons (Fsp3) is 0.500. The Labute approximate surface area is 141 Å². The van der Waals surface area contributed by atoms with Gasteiger partial charge in [0.2, 0.25) is 0 Å². The molecule has 0 heterocycles. The van der Waals surface area contributed by atoms with Crippen LogP contribution in [0.25, 0.3) is 0 Å². The summed E-state index contributed by atoms with van der Waals surface area (Å²) in [5, 5.41) is 2.91. The van der Waals surface area contributed by atoms with E-state index in [9.17, 15) is 14.4 Å². The predicted molar refractivity (Wildman–Crippen MR) is 87.8 cm³/mol. The number of benzene rings is 1. The van der Waals surface area contributed by atoms with E-state index >= 15 is 0 Å². The molecule has 1 aliphatic carbocycles. The predicted octanol–water partition coefficient (Wildman–Crippen LogP) is 2.12. The second-order valence-corrected chi connectivity index (χ2v) is 6.04. The molecule has 2 rings (SSSR count). The monoisotopic (exact) mass is 333 g/mol. The summed E-state index contributed by atoms with van der Waals surface area (Å²) in [6, 6.07) is 6.74. The van der Waals surface area contributed by atoms with E-state index < -0.39 is 5.97 Å². The lowest BCUT2D eigenvalue weighted by atomic mass is 9.86. The van der Waals surface area contributed by atoms with E-state index in [0.29, 0.717) is 23.5 Å². The summed E-state index contributed by atoms with van der Waals surface area (Å²) in [4.78, 5) is 34.4. The number of nitrogens with one attached hydrogen (secondary N) is 1. The topological polar surface area (TPSA) is 81.7 Å². The molecule has 0 aliphatic heterocycles. The zero-order valence-corrected chi connectivity index (χ0v) is 13.8. The van der Waals surface area contributed by atoms with Crippen molar-refractivity contribution in [1.29, 1.82) is 0 Å². The van der Waals surface area contributed by atoms with Crippen LogP contribution in [0.15, 0.2) is 24.3 Å². The van der Waals surface area contributed by atoms with E-state index in [-0.39, 0.29) is 25.2 Å². The van der Waals surface area contributed by atoms with Crippen LogP contribution < -0.4 is 10.1 Å². The Morgan fingerprint density at radius 2 is 1.96 bits per heavy atom. The van der Waals surface area contributed by atoms with Gasteiger partial charge in [0, 0.05) is 6.04 Å². The highest BCUT2D eigenvalue weighted by atomic mass is 16.6. The molecule has 1 fully saturated rings. The van der Waals surface area contributed by atoms with E-state index in [0.717, 1.165) is 19.3 Å². The van der Waals surface area contributed by atoms with Gasteiger partial charge >= 0.3 is 5.97 Å². The molecule has 6 nitrogen and oxygen atoms in total. The fourth-order valence-electron chi connectivity index (χ4n) is 2.81. The smallest absolute Gasteiger partial charge is 0.344 e. The van der Waals surface area contributed by atoms with Crippen molar-refractivity contribution in [2.24, 2.45) is 5.92 Å². The molecule has 0 saturated heterocycles. The molecule has 1 amide bonds. The largest absolute Gasteiger partial charge is 0.481 e. The van der Waals surface area contributed by atoms with Gasteiger partial charge in [-0.2, -0.15) is 0 Å². The molecular weight excluding hydrogens is 310 g/mol. The zero-order valence-electron chi connectivity index (χ0n) is 13.8. The third-order valence-electron chi connectivity index (χ3n) is 4.21. The molecule has 0 aromatic heterocycles. The Bertz CT molecular complexity index is 587. The quantitative estimate of drug-likeness (QED) is 0.610. The van der Waals surface area contributed by atoms with Gasteiger partial charge in [0.1, 0.15) is 5.75 Å². The van der Waals surface area contributed by atoms with Crippen LogP contribution in [0, 0.1) is 5.92 Å². The number of ether oxygens (including phenoxy) is 2. The Balaban J connectivity index is 1.70. The number of hydrogen-bond acceptors (Lipinski definition) is 5. The molecule has 24 heavy (non-hydrogen) atoms. The van der Waals surface area contributed by atoms with Gasteiger partial charge in [-0.1, -0.05) is 31.9 Å². The minimum absolute atomic E-state index is 0.153. The number of rotatable bonds is 7. The van der Waals surface area contributed by atoms with Crippen LogP contribution in [0.2, 0.25) is 0 Å². The van der Waals surface area contributed by atoms with Crippen molar-refractivity contribution in [3.05, 3.63) is 29.8 Å². The third-order valence-corrected chi connectivity index (χ3v) is 4.21. The molecule has 1 saturated carbocycles. The van der Waals surface area contributed by atoms with Gasteiger partial charge in [-0.25, -0.2) is 4.79 Å². The number of hydrogen-bond donors (Lipinski definition) is 1. The molecule has 1 aliphatic rings. The second kappa shape index (κ2) is 9.05. The van der Waals surface area contributed by atoms with Crippen LogP contribution in [0.4, 0.5) is 0 Å². The second-order valence-electron chi connectivity index (χ2n) is 6.04. The van der Waals surface area contributed by atoms with Gasteiger partial charge in [0.15, 0.2) is 19.5 Å². The van der Waals surface area contributed by atoms with Crippen molar-refractivity contribution in [1.82, 2.24) is 5.32 Å². The Morgan fingerprint density at radius 3 is 2.71 bits per heavy atom. The maximum Gasteiger partial charge on any atom is 0.344 e. The lowest BCUT2D eigenvalue weighted by Gasteiger charge is -2.29. The molecule has 0 radical (unpaired) electrons. The van der Waals surface area contributed by atoms with Crippen LogP contribution in [-0.2, 0) is 14.3 Å². The van der Waals surface area contributed by atoms with Gasteiger partial charge in [-0.15, -0.1) is 0 Å². The van der Waals surface area contributed by atoms with Gasteiger partial charge < -0.3 is 14.8 Å². The van der Waals surface area contributed by atoms with Crippen LogP contribution in [-0.4, -0.2) is 37.4 Å². The maximum atomic E-state index is 11.9. The Morgan fingerprint density at radius 1 is 1.21 bits per heavy atom. The van der Waals surface area contributed by atoms with Crippen molar-refractivity contribution < 1.29 is 23.9 Å². The fourth-order valence-corrected chi connectivity index (χ4v) is 2.81. The van der Waals surface area contributed by atoms with E-state index in [2.05, 4.69) is 12.2 Å². The van der Waals surface area contributed by atoms with Crippen LogP contribution in [0.1, 0.15) is 43.0 Å². The molecule has 1 aromatic carbocycles. The van der Waals surface area contributed by atoms with E-state index in [4.69, 9.17) is 9.47 Å². The highest BCUT2D eigenvalue weighted by Gasteiger charge is 2.23. The minimum Gasteiger partial charge on any atom is -0.481 e. The average Bonchev–Trinajstić information content (AvgIpc) is 2.60. The SMILES string of the molecule is C[C@H]1CCCC[C@H]1NC(=O)COC(=O)COc1ccccc1C=O. The number of esters is 1.